The summed E-state index contributed by atoms with van der Waals surface area (Å²) in [4.78, 5) is 12.6. The molecule has 10 heteroatoms. The van der Waals surface area contributed by atoms with E-state index in [1.165, 1.54) is 11.3 Å². The molecule has 0 bridgehead atoms. The van der Waals surface area contributed by atoms with Crippen LogP contribution in [0.2, 0.25) is 0 Å². The maximum atomic E-state index is 6.22. The van der Waals surface area contributed by atoms with Crippen LogP contribution in [0.15, 0.2) is 76.8 Å². The summed E-state index contributed by atoms with van der Waals surface area (Å²) in [5.74, 6) is 1.91. The number of fused-ring (bicyclic) bond motifs is 3. The highest BCUT2D eigenvalue weighted by atomic mass is 32.1. The fourth-order valence-corrected chi connectivity index (χ4v) is 5.09. The van der Waals surface area contributed by atoms with Gasteiger partial charge >= 0.3 is 0 Å². The van der Waals surface area contributed by atoms with Gasteiger partial charge in [-0.3, -0.25) is 0 Å². The van der Waals surface area contributed by atoms with Crippen molar-refractivity contribution in [2.45, 2.75) is 13.5 Å². The molecule has 188 valence electrons. The van der Waals surface area contributed by atoms with Gasteiger partial charge in [-0.05, 0) is 49.4 Å². The lowest BCUT2D eigenvalue weighted by molar-refractivity contribution is 0.303. The van der Waals surface area contributed by atoms with Crippen LogP contribution in [0.3, 0.4) is 0 Å². The monoisotopic (exact) mass is 522 g/mol. The van der Waals surface area contributed by atoms with E-state index >= 15 is 0 Å². The molecular formula is C28H22N6O3S. The lowest BCUT2D eigenvalue weighted by atomic mass is 10.2. The van der Waals surface area contributed by atoms with Crippen LogP contribution >= 0.6 is 11.3 Å². The SMILES string of the molecule is COc1cc(OCc2csc(Nc3ccc4[nH]ccc4c3)n2)c2cc(-c3cn4nc(C)ccc4n3)oc2c1. The molecule has 0 saturated carbocycles. The molecule has 0 atom stereocenters. The largest absolute Gasteiger partial charge is 0.496 e. The number of ether oxygens (including phenoxy) is 2. The van der Waals surface area contributed by atoms with Gasteiger partial charge in [0.15, 0.2) is 16.5 Å². The molecule has 0 aliphatic carbocycles. The molecule has 0 fully saturated rings. The zero-order valence-electron chi connectivity index (χ0n) is 20.6. The number of imidazole rings is 1. The van der Waals surface area contributed by atoms with E-state index in [4.69, 9.17) is 18.9 Å². The number of thiazole rings is 1. The lowest BCUT2D eigenvalue weighted by Gasteiger charge is -2.08. The Kier molecular flexibility index (Phi) is 5.26. The Bertz CT molecular complexity index is 1930. The van der Waals surface area contributed by atoms with Crippen LogP contribution in [0.25, 0.3) is 39.0 Å². The number of H-pyrrole nitrogens is 1. The van der Waals surface area contributed by atoms with Crippen LogP contribution in [-0.2, 0) is 6.61 Å². The molecule has 38 heavy (non-hydrogen) atoms. The van der Waals surface area contributed by atoms with Gasteiger partial charge in [-0.15, -0.1) is 11.3 Å². The van der Waals surface area contributed by atoms with E-state index in [-0.39, 0.29) is 0 Å². The first kappa shape index (κ1) is 22.4. The maximum Gasteiger partial charge on any atom is 0.187 e. The zero-order chi connectivity index (χ0) is 25.6. The van der Waals surface area contributed by atoms with E-state index in [0.29, 0.717) is 35.1 Å². The summed E-state index contributed by atoms with van der Waals surface area (Å²) in [7, 11) is 1.62. The van der Waals surface area contributed by atoms with Gasteiger partial charge in [0.1, 0.15) is 29.4 Å². The number of nitrogens with one attached hydrogen (secondary N) is 2. The summed E-state index contributed by atoms with van der Waals surface area (Å²) < 4.78 is 19.6. The second-order valence-corrected chi connectivity index (χ2v) is 9.75. The van der Waals surface area contributed by atoms with Crippen molar-refractivity contribution in [1.29, 1.82) is 0 Å². The smallest absolute Gasteiger partial charge is 0.187 e. The van der Waals surface area contributed by atoms with E-state index in [9.17, 15) is 0 Å². The molecule has 0 aliphatic rings. The third-order valence-electron chi connectivity index (χ3n) is 6.25. The van der Waals surface area contributed by atoms with Gasteiger partial charge in [-0.25, -0.2) is 14.5 Å². The van der Waals surface area contributed by atoms with Crippen molar-refractivity contribution in [3.8, 4) is 23.0 Å². The molecule has 0 saturated heterocycles. The topological polar surface area (TPSA) is 102 Å². The molecule has 0 unspecified atom stereocenters. The Morgan fingerprint density at radius 2 is 2.03 bits per heavy atom. The van der Waals surface area contributed by atoms with Crippen molar-refractivity contribution in [3.05, 3.63) is 83.8 Å². The second-order valence-electron chi connectivity index (χ2n) is 8.89. The van der Waals surface area contributed by atoms with Crippen molar-refractivity contribution < 1.29 is 13.9 Å². The fraction of sp³-hybridized carbons (Fsp3) is 0.107. The van der Waals surface area contributed by atoms with Crippen LogP contribution < -0.4 is 14.8 Å². The zero-order valence-corrected chi connectivity index (χ0v) is 21.4. The summed E-state index contributed by atoms with van der Waals surface area (Å²) in [5, 5.41) is 12.6. The predicted molar refractivity (Wildman–Crippen MR) is 148 cm³/mol. The summed E-state index contributed by atoms with van der Waals surface area (Å²) in [6.07, 6.45) is 3.79. The van der Waals surface area contributed by atoms with Crippen molar-refractivity contribution in [2.24, 2.45) is 0 Å². The summed E-state index contributed by atoms with van der Waals surface area (Å²) in [5.41, 5.74) is 5.91. The average Bonchev–Trinajstić information content (AvgIpc) is 3.72. The molecule has 5 aromatic heterocycles. The van der Waals surface area contributed by atoms with Gasteiger partial charge < -0.3 is 24.2 Å². The number of hydrogen-bond acceptors (Lipinski definition) is 8. The Labute approximate surface area is 220 Å². The third kappa shape index (κ3) is 4.10. The van der Waals surface area contributed by atoms with Crippen LogP contribution in [0.1, 0.15) is 11.4 Å². The number of nitrogens with zero attached hydrogens (tertiary/aromatic N) is 4. The average molecular weight is 523 g/mol. The molecule has 0 radical (unpaired) electrons. The number of rotatable bonds is 7. The highest BCUT2D eigenvalue weighted by Crippen LogP contribution is 2.37. The highest BCUT2D eigenvalue weighted by molar-refractivity contribution is 7.13. The van der Waals surface area contributed by atoms with Gasteiger partial charge in [0, 0.05) is 40.3 Å². The van der Waals surface area contributed by atoms with Crippen molar-refractivity contribution in [3.63, 3.8) is 0 Å². The number of methoxy groups -OCH3 is 1. The van der Waals surface area contributed by atoms with Gasteiger partial charge in [-0.1, -0.05) is 0 Å². The van der Waals surface area contributed by atoms with Crippen LogP contribution in [0, 0.1) is 6.92 Å². The first-order chi connectivity index (χ1) is 18.6. The fourth-order valence-electron chi connectivity index (χ4n) is 4.38. The molecule has 2 N–H and O–H groups in total. The Morgan fingerprint density at radius 3 is 2.95 bits per heavy atom. The van der Waals surface area contributed by atoms with E-state index < -0.39 is 0 Å². The molecular weight excluding hydrogens is 500 g/mol. The first-order valence-corrected chi connectivity index (χ1v) is 12.9. The number of benzene rings is 2. The van der Waals surface area contributed by atoms with Crippen LogP contribution in [-0.4, -0.2) is 31.7 Å². The van der Waals surface area contributed by atoms with Crippen molar-refractivity contribution in [2.75, 3.05) is 12.4 Å². The molecule has 5 heterocycles. The normalized spacial score (nSPS) is 11.5. The Balaban J connectivity index is 1.13. The number of aromatic amines is 1. The summed E-state index contributed by atoms with van der Waals surface area (Å²) in [6.45, 7) is 2.25. The minimum Gasteiger partial charge on any atom is -0.496 e. The Morgan fingerprint density at radius 1 is 1.08 bits per heavy atom. The molecule has 0 aliphatic heterocycles. The van der Waals surface area contributed by atoms with E-state index in [1.54, 1.807) is 11.6 Å². The molecule has 9 nitrogen and oxygen atoms in total. The van der Waals surface area contributed by atoms with E-state index in [1.807, 2.05) is 73.2 Å². The molecule has 0 spiro atoms. The summed E-state index contributed by atoms with van der Waals surface area (Å²) >= 11 is 1.53. The first-order valence-electron chi connectivity index (χ1n) is 12.0. The van der Waals surface area contributed by atoms with Crippen LogP contribution in [0.5, 0.6) is 11.5 Å². The number of aromatic nitrogens is 5. The van der Waals surface area contributed by atoms with Crippen molar-refractivity contribution in [1.82, 2.24) is 24.6 Å². The van der Waals surface area contributed by atoms with Gasteiger partial charge in [-0.2, -0.15) is 5.10 Å². The maximum absolute atomic E-state index is 6.22. The van der Waals surface area contributed by atoms with Crippen LogP contribution in [0.4, 0.5) is 10.8 Å². The van der Waals surface area contributed by atoms with E-state index in [2.05, 4.69) is 26.4 Å². The minimum atomic E-state index is 0.301. The molecule has 7 aromatic rings. The molecule has 7 rings (SSSR count). The summed E-state index contributed by atoms with van der Waals surface area (Å²) in [6, 6.07) is 17.7. The Hall–Kier alpha value is -4.83. The van der Waals surface area contributed by atoms with Crippen molar-refractivity contribution >= 4 is 49.7 Å². The third-order valence-corrected chi connectivity index (χ3v) is 7.05. The molecule has 2 aromatic carbocycles. The number of anilines is 2. The quantitative estimate of drug-likeness (QED) is 0.240. The second kappa shape index (κ2) is 8.93. The standard InChI is InChI=1S/C28H22N6O3S/c1-16-3-6-27-32-23(13-34(27)33-16)26-12-21-24(10-20(35-2)11-25(21)37-26)36-14-19-15-38-28(31-19)30-18-4-5-22-17(9-18)7-8-29-22/h3-13,15,29H,14H2,1-2H3,(H,30,31). The minimum absolute atomic E-state index is 0.301. The number of hydrogen-bond donors (Lipinski definition) is 2. The number of furan rings is 1. The predicted octanol–water partition coefficient (Wildman–Crippen LogP) is 6.72. The number of aryl methyl sites for hydroxylation is 1. The van der Waals surface area contributed by atoms with E-state index in [0.717, 1.165) is 44.1 Å². The lowest BCUT2D eigenvalue weighted by Crippen LogP contribution is -1.97. The van der Waals surface area contributed by atoms with Gasteiger partial charge in [0.2, 0.25) is 0 Å². The van der Waals surface area contributed by atoms with Gasteiger partial charge in [0.05, 0.1) is 30.1 Å². The van der Waals surface area contributed by atoms with Gasteiger partial charge in [0.25, 0.3) is 0 Å². The highest BCUT2D eigenvalue weighted by Gasteiger charge is 2.16. The molecule has 0 amide bonds.